The zero-order valence-electron chi connectivity index (χ0n) is 24.4. The number of fused-ring (bicyclic) bond motifs is 1. The molecular weight excluding hydrogens is 522 g/mol. The van der Waals surface area contributed by atoms with Gasteiger partial charge in [-0.25, -0.2) is 13.8 Å². The molecule has 2 unspecified atom stereocenters. The van der Waals surface area contributed by atoms with Crippen molar-refractivity contribution < 1.29 is 13.6 Å². The first kappa shape index (κ1) is 29.4. The minimum atomic E-state index is -0.541. The van der Waals surface area contributed by atoms with Crippen LogP contribution in [0.1, 0.15) is 56.2 Å². The third-order valence-corrected chi connectivity index (χ3v) is 8.52. The predicted octanol–water partition coefficient (Wildman–Crippen LogP) is 4.84. The molecule has 1 aliphatic carbocycles. The molecule has 3 aromatic rings. The molecule has 1 aromatic heterocycles. The van der Waals surface area contributed by atoms with Gasteiger partial charge in [0.25, 0.3) is 0 Å². The van der Waals surface area contributed by atoms with Crippen LogP contribution in [-0.2, 0) is 24.2 Å². The number of carbonyl (C=O) groups is 1. The van der Waals surface area contributed by atoms with Gasteiger partial charge in [0, 0.05) is 31.7 Å². The number of nitrogens with one attached hydrogen (secondary N) is 3. The number of amides is 1. The molecule has 7 nitrogen and oxygen atoms in total. The van der Waals surface area contributed by atoms with Gasteiger partial charge < -0.3 is 25.4 Å². The number of hydrogen-bond acceptors (Lipinski definition) is 5. The highest BCUT2D eigenvalue weighted by atomic mass is 19.1. The van der Waals surface area contributed by atoms with Crippen LogP contribution in [0.15, 0.2) is 48.9 Å². The number of carbonyl (C=O) groups excluding carboxylic acids is 1. The largest absolute Gasteiger partial charge is 0.312 e. The normalized spacial score (nSPS) is 21.5. The van der Waals surface area contributed by atoms with Gasteiger partial charge in [0.2, 0.25) is 5.91 Å². The molecule has 0 radical (unpaired) electrons. The van der Waals surface area contributed by atoms with Gasteiger partial charge in [-0.1, -0.05) is 38.5 Å². The topological polar surface area (TPSA) is 74.2 Å². The maximum Gasteiger partial charge on any atom is 0.242 e. The Hall–Kier alpha value is -3.14. The van der Waals surface area contributed by atoms with Crippen LogP contribution in [0.2, 0.25) is 0 Å². The molecular formula is C32H42F2N6O. The average Bonchev–Trinajstić information content (AvgIpc) is 3.54. The molecule has 41 heavy (non-hydrogen) atoms. The van der Waals surface area contributed by atoms with Crippen LogP contribution in [0.25, 0.3) is 5.69 Å². The number of para-hydroxylation sites is 1. The number of imidazole rings is 1. The summed E-state index contributed by atoms with van der Waals surface area (Å²) in [6.45, 7) is 8.32. The Balaban J connectivity index is 1.20. The van der Waals surface area contributed by atoms with Gasteiger partial charge in [-0.15, -0.1) is 0 Å². The van der Waals surface area contributed by atoms with E-state index in [4.69, 9.17) is 0 Å². The van der Waals surface area contributed by atoms with Crippen molar-refractivity contribution in [2.45, 2.75) is 71.0 Å². The van der Waals surface area contributed by atoms with E-state index < -0.39 is 17.7 Å². The van der Waals surface area contributed by atoms with Gasteiger partial charge in [-0.2, -0.15) is 0 Å². The molecule has 2 aliphatic rings. The molecule has 5 rings (SSSR count). The van der Waals surface area contributed by atoms with Crippen molar-refractivity contribution in [1.82, 2.24) is 25.1 Å². The first-order valence-electron chi connectivity index (χ1n) is 14.8. The third-order valence-electron chi connectivity index (χ3n) is 8.52. The Kier molecular flexibility index (Phi) is 9.16. The summed E-state index contributed by atoms with van der Waals surface area (Å²) in [6.07, 6.45) is 7.96. The van der Waals surface area contributed by atoms with Crippen molar-refractivity contribution in [3.63, 3.8) is 0 Å². The van der Waals surface area contributed by atoms with Crippen molar-refractivity contribution >= 4 is 11.7 Å². The fourth-order valence-corrected chi connectivity index (χ4v) is 6.35. The van der Waals surface area contributed by atoms with Gasteiger partial charge in [0.05, 0.1) is 17.9 Å². The van der Waals surface area contributed by atoms with E-state index in [1.54, 1.807) is 6.33 Å². The Morgan fingerprint density at radius 2 is 2.07 bits per heavy atom. The van der Waals surface area contributed by atoms with Gasteiger partial charge in [-0.3, -0.25) is 4.79 Å². The highest BCUT2D eigenvalue weighted by Gasteiger charge is 2.31. The van der Waals surface area contributed by atoms with Crippen molar-refractivity contribution in [1.29, 1.82) is 0 Å². The lowest BCUT2D eigenvalue weighted by Gasteiger charge is -2.29. The van der Waals surface area contributed by atoms with Gasteiger partial charge >= 0.3 is 0 Å². The minimum absolute atomic E-state index is 0.0615. The third kappa shape index (κ3) is 7.20. The molecule has 9 heteroatoms. The molecule has 0 bridgehead atoms. The maximum atomic E-state index is 14.4. The summed E-state index contributed by atoms with van der Waals surface area (Å²) in [7, 11) is 2.18. The standard InChI is InChI=1S/C32H42F2N6O/c1-4-7-28(37-25-11-10-22-14-24(33)15-27(34)26(22)16-25)31(41)38-30-18-40(21-36-30)29-9-6-5-8-23(29)17-35-19-32(2)12-13-39(3)20-32/h5-6,8-9,14-15,18,21,25,28,35,37H,4,7,10-13,16-17,19-20H2,1-3H3,(H,38,41)/t25-,28?,32?/m0/s1. The molecule has 1 fully saturated rings. The molecule has 2 heterocycles. The molecule has 0 spiro atoms. The molecule has 0 saturated carbocycles. The van der Waals surface area contributed by atoms with E-state index in [0.29, 0.717) is 30.6 Å². The van der Waals surface area contributed by atoms with Gasteiger partial charge in [0.15, 0.2) is 5.82 Å². The Labute approximate surface area is 241 Å². The summed E-state index contributed by atoms with van der Waals surface area (Å²) >= 11 is 0. The monoisotopic (exact) mass is 564 g/mol. The van der Waals surface area contributed by atoms with Crippen molar-refractivity contribution in [3.8, 4) is 5.69 Å². The Bertz CT molecular complexity index is 1360. The number of halogens is 2. The van der Waals surface area contributed by atoms with Crippen molar-refractivity contribution in [2.75, 3.05) is 32.0 Å². The number of aryl methyl sites for hydroxylation is 1. The number of benzene rings is 2. The van der Waals surface area contributed by atoms with Crippen LogP contribution in [0.4, 0.5) is 14.6 Å². The molecule has 220 valence electrons. The van der Waals surface area contributed by atoms with Crippen LogP contribution in [0.5, 0.6) is 0 Å². The maximum absolute atomic E-state index is 14.4. The zero-order valence-corrected chi connectivity index (χ0v) is 24.4. The van der Waals surface area contributed by atoms with Crippen LogP contribution < -0.4 is 16.0 Å². The van der Waals surface area contributed by atoms with E-state index >= 15 is 0 Å². The number of rotatable bonds is 11. The Morgan fingerprint density at radius 3 is 2.85 bits per heavy atom. The Morgan fingerprint density at radius 1 is 1.24 bits per heavy atom. The van der Waals surface area contributed by atoms with E-state index in [9.17, 15) is 13.6 Å². The molecule has 1 aliphatic heterocycles. The lowest BCUT2D eigenvalue weighted by Crippen LogP contribution is -2.48. The smallest absolute Gasteiger partial charge is 0.242 e. The fourth-order valence-electron chi connectivity index (χ4n) is 6.35. The fraction of sp³-hybridized carbons (Fsp3) is 0.500. The molecule has 3 N–H and O–H groups in total. The van der Waals surface area contributed by atoms with E-state index in [2.05, 4.69) is 51.9 Å². The van der Waals surface area contributed by atoms with E-state index in [1.807, 2.05) is 29.8 Å². The van der Waals surface area contributed by atoms with Gasteiger partial charge in [-0.05, 0) is 79.9 Å². The summed E-state index contributed by atoms with van der Waals surface area (Å²) < 4.78 is 30.0. The number of aromatic nitrogens is 2. The number of likely N-dealkylation sites (tertiary alicyclic amines) is 1. The second-order valence-electron chi connectivity index (χ2n) is 12.2. The summed E-state index contributed by atoms with van der Waals surface area (Å²) in [5.74, 6) is -0.727. The van der Waals surface area contributed by atoms with Crippen LogP contribution in [0.3, 0.4) is 0 Å². The summed E-state index contributed by atoms with van der Waals surface area (Å²) in [4.78, 5) is 20.2. The molecule has 1 saturated heterocycles. The molecule has 1 amide bonds. The highest BCUT2D eigenvalue weighted by molar-refractivity contribution is 5.94. The second-order valence-corrected chi connectivity index (χ2v) is 12.2. The first-order valence-corrected chi connectivity index (χ1v) is 14.8. The van der Waals surface area contributed by atoms with E-state index in [-0.39, 0.29) is 17.4 Å². The lowest BCUT2D eigenvalue weighted by molar-refractivity contribution is -0.118. The van der Waals surface area contributed by atoms with Crippen molar-refractivity contribution in [3.05, 3.63) is 77.2 Å². The summed E-state index contributed by atoms with van der Waals surface area (Å²) in [5.41, 5.74) is 3.73. The SMILES string of the molecule is CCCC(N[C@H]1CCc2cc(F)cc(F)c2C1)C(=O)Nc1cn(-c2ccccc2CNCC2(C)CCN(C)C2)cn1. The average molecular weight is 565 g/mol. The highest BCUT2D eigenvalue weighted by Crippen LogP contribution is 2.28. The van der Waals surface area contributed by atoms with E-state index in [1.165, 1.54) is 12.5 Å². The zero-order chi connectivity index (χ0) is 29.0. The van der Waals surface area contributed by atoms with Crippen molar-refractivity contribution in [2.24, 2.45) is 5.41 Å². The molecule has 2 aromatic carbocycles. The number of anilines is 1. The quantitative estimate of drug-likeness (QED) is 0.311. The molecule has 3 atom stereocenters. The number of hydrogen-bond donors (Lipinski definition) is 3. The summed E-state index contributed by atoms with van der Waals surface area (Å²) in [6, 6.07) is 10.1. The lowest BCUT2D eigenvalue weighted by atomic mass is 9.87. The van der Waals surface area contributed by atoms with Crippen LogP contribution in [-0.4, -0.2) is 59.1 Å². The van der Waals surface area contributed by atoms with E-state index in [0.717, 1.165) is 61.9 Å². The summed E-state index contributed by atoms with van der Waals surface area (Å²) in [5, 5.41) is 10.1. The van der Waals surface area contributed by atoms with Gasteiger partial charge in [0.1, 0.15) is 18.0 Å². The predicted molar refractivity (Wildman–Crippen MR) is 158 cm³/mol. The number of nitrogens with zero attached hydrogens (tertiary/aromatic N) is 3. The minimum Gasteiger partial charge on any atom is -0.312 e. The first-order chi connectivity index (χ1) is 19.7. The van der Waals surface area contributed by atoms with Crippen LogP contribution >= 0.6 is 0 Å². The van der Waals surface area contributed by atoms with Crippen LogP contribution in [0, 0.1) is 17.0 Å². The second kappa shape index (κ2) is 12.8.